The number of amides is 1. The van der Waals surface area contributed by atoms with Crippen LogP contribution in [0.4, 0.5) is 11.9 Å². The fraction of sp³-hybridized carbons (Fsp3) is 0.188. The minimum Gasteiger partial charge on any atom is -0.368 e. The van der Waals surface area contributed by atoms with Crippen molar-refractivity contribution in [2.24, 2.45) is 0 Å². The van der Waals surface area contributed by atoms with Gasteiger partial charge >= 0.3 is 0 Å². The highest BCUT2D eigenvalue weighted by molar-refractivity contribution is 7.99. The van der Waals surface area contributed by atoms with E-state index in [1.54, 1.807) is 22.8 Å². The fourth-order valence-electron chi connectivity index (χ4n) is 2.22. The third-order valence-electron chi connectivity index (χ3n) is 3.48. The van der Waals surface area contributed by atoms with E-state index in [-0.39, 0.29) is 23.6 Å². The molecule has 2 heterocycles. The summed E-state index contributed by atoms with van der Waals surface area (Å²) in [6.45, 7) is 0.452. The van der Waals surface area contributed by atoms with Gasteiger partial charge in [0.1, 0.15) is 0 Å². The average Bonchev–Trinajstić information content (AvgIpc) is 3.08. The highest BCUT2D eigenvalue weighted by Crippen LogP contribution is 2.16. The summed E-state index contributed by atoms with van der Waals surface area (Å²) in [6.07, 6.45) is 3.65. The first-order chi connectivity index (χ1) is 12.5. The molecule has 0 aliphatic heterocycles. The van der Waals surface area contributed by atoms with Crippen molar-refractivity contribution >= 4 is 29.6 Å². The van der Waals surface area contributed by atoms with Gasteiger partial charge in [0.15, 0.2) is 5.16 Å². The van der Waals surface area contributed by atoms with E-state index in [9.17, 15) is 4.79 Å². The van der Waals surface area contributed by atoms with Gasteiger partial charge in [-0.1, -0.05) is 30.0 Å². The quantitative estimate of drug-likeness (QED) is 0.614. The zero-order valence-corrected chi connectivity index (χ0v) is 14.9. The number of carbonyl (C=O) groups is 1. The summed E-state index contributed by atoms with van der Waals surface area (Å²) in [7, 11) is 1.73. The molecule has 0 spiro atoms. The molecule has 9 nitrogen and oxygen atoms in total. The molecule has 0 aliphatic carbocycles. The Morgan fingerprint density at radius 3 is 2.54 bits per heavy atom. The van der Waals surface area contributed by atoms with E-state index < -0.39 is 0 Å². The van der Waals surface area contributed by atoms with Gasteiger partial charge in [-0.2, -0.15) is 20.1 Å². The predicted molar refractivity (Wildman–Crippen MR) is 99.4 cm³/mol. The van der Waals surface area contributed by atoms with Crippen LogP contribution in [0.25, 0.3) is 5.69 Å². The molecule has 4 N–H and O–H groups in total. The first-order valence-corrected chi connectivity index (χ1v) is 8.72. The van der Waals surface area contributed by atoms with Gasteiger partial charge in [-0.15, -0.1) is 0 Å². The van der Waals surface area contributed by atoms with Crippen LogP contribution in [0, 0.1) is 0 Å². The van der Waals surface area contributed by atoms with Crippen LogP contribution in [0.1, 0.15) is 5.56 Å². The topological polar surface area (TPSA) is 129 Å². The van der Waals surface area contributed by atoms with Crippen molar-refractivity contribution in [2.75, 3.05) is 24.3 Å². The smallest absolute Gasteiger partial charge is 0.233 e. The Bertz CT molecular complexity index is 878. The molecule has 0 bridgehead atoms. The van der Waals surface area contributed by atoms with Gasteiger partial charge < -0.3 is 16.4 Å². The molecular weight excluding hydrogens is 352 g/mol. The SMILES string of the molecule is CN(Cc1cnn(-c2ccccc2)c1)C(=O)CSc1nc(N)nc(N)n1. The molecule has 1 amide bonds. The maximum Gasteiger partial charge on any atom is 0.233 e. The monoisotopic (exact) mass is 370 g/mol. The van der Waals surface area contributed by atoms with E-state index in [2.05, 4.69) is 20.1 Å². The van der Waals surface area contributed by atoms with E-state index >= 15 is 0 Å². The molecule has 0 atom stereocenters. The van der Waals surface area contributed by atoms with Crippen LogP contribution >= 0.6 is 11.8 Å². The predicted octanol–water partition coefficient (Wildman–Crippen LogP) is 0.972. The Kier molecular flexibility index (Phi) is 5.32. The van der Waals surface area contributed by atoms with Crippen LogP contribution in [0.2, 0.25) is 0 Å². The summed E-state index contributed by atoms with van der Waals surface area (Å²) in [4.78, 5) is 25.5. The molecule has 26 heavy (non-hydrogen) atoms. The van der Waals surface area contributed by atoms with E-state index in [0.29, 0.717) is 11.7 Å². The molecule has 3 aromatic rings. The van der Waals surface area contributed by atoms with Gasteiger partial charge in [-0.25, -0.2) is 4.68 Å². The molecule has 10 heteroatoms. The molecule has 2 aromatic heterocycles. The number of benzene rings is 1. The van der Waals surface area contributed by atoms with Crippen LogP contribution in [0.15, 0.2) is 47.9 Å². The van der Waals surface area contributed by atoms with Gasteiger partial charge in [0.05, 0.1) is 17.6 Å². The molecular formula is C16H18N8OS. The number of rotatable bonds is 6. The minimum atomic E-state index is -0.0694. The summed E-state index contributed by atoms with van der Waals surface area (Å²) < 4.78 is 1.78. The van der Waals surface area contributed by atoms with Crippen molar-refractivity contribution in [1.82, 2.24) is 29.6 Å². The third kappa shape index (κ3) is 4.48. The summed E-state index contributed by atoms with van der Waals surface area (Å²) >= 11 is 1.16. The first kappa shape index (κ1) is 17.7. The lowest BCUT2D eigenvalue weighted by atomic mass is 10.3. The van der Waals surface area contributed by atoms with Crippen molar-refractivity contribution in [2.45, 2.75) is 11.7 Å². The second kappa shape index (κ2) is 7.83. The van der Waals surface area contributed by atoms with E-state index in [0.717, 1.165) is 23.0 Å². The number of carbonyl (C=O) groups excluding carboxylic acids is 1. The van der Waals surface area contributed by atoms with Gasteiger partial charge in [0.25, 0.3) is 0 Å². The Balaban J connectivity index is 1.57. The maximum absolute atomic E-state index is 12.3. The van der Waals surface area contributed by atoms with Crippen LogP contribution in [-0.4, -0.2) is 48.3 Å². The zero-order chi connectivity index (χ0) is 18.5. The fourth-order valence-corrected chi connectivity index (χ4v) is 3.00. The Morgan fingerprint density at radius 2 is 1.85 bits per heavy atom. The standard InChI is InChI=1S/C16H18N8OS/c1-23(13(25)10-26-16-21-14(17)20-15(18)22-16)8-11-7-19-24(9-11)12-5-3-2-4-6-12/h2-7,9H,8,10H2,1H3,(H4,17,18,20,21,22). The highest BCUT2D eigenvalue weighted by Gasteiger charge is 2.13. The van der Waals surface area contributed by atoms with Crippen molar-refractivity contribution in [3.8, 4) is 5.69 Å². The Morgan fingerprint density at radius 1 is 1.15 bits per heavy atom. The second-order valence-electron chi connectivity index (χ2n) is 5.50. The normalized spacial score (nSPS) is 10.7. The molecule has 134 valence electrons. The van der Waals surface area contributed by atoms with Crippen molar-refractivity contribution in [1.29, 1.82) is 0 Å². The van der Waals surface area contributed by atoms with Crippen molar-refractivity contribution < 1.29 is 4.79 Å². The zero-order valence-electron chi connectivity index (χ0n) is 14.1. The lowest BCUT2D eigenvalue weighted by molar-refractivity contribution is -0.127. The number of aromatic nitrogens is 5. The van der Waals surface area contributed by atoms with Gasteiger partial charge in [0.2, 0.25) is 17.8 Å². The molecule has 0 unspecified atom stereocenters. The number of nitrogens with zero attached hydrogens (tertiary/aromatic N) is 6. The largest absolute Gasteiger partial charge is 0.368 e. The number of para-hydroxylation sites is 1. The van der Waals surface area contributed by atoms with Crippen LogP contribution in [0.5, 0.6) is 0 Å². The average molecular weight is 370 g/mol. The first-order valence-electron chi connectivity index (χ1n) is 7.74. The number of anilines is 2. The summed E-state index contributed by atoms with van der Waals surface area (Å²) in [5.41, 5.74) is 12.9. The maximum atomic E-state index is 12.3. The number of hydrogen-bond acceptors (Lipinski definition) is 8. The molecule has 1 aromatic carbocycles. The minimum absolute atomic E-state index is 0.0362. The molecule has 0 fully saturated rings. The second-order valence-corrected chi connectivity index (χ2v) is 6.44. The number of thioether (sulfide) groups is 1. The molecule has 0 saturated heterocycles. The van der Waals surface area contributed by atoms with E-state index in [1.807, 2.05) is 36.5 Å². The summed E-state index contributed by atoms with van der Waals surface area (Å²) in [5.74, 6) is 0.176. The van der Waals surface area contributed by atoms with Crippen LogP contribution in [-0.2, 0) is 11.3 Å². The summed E-state index contributed by atoms with van der Waals surface area (Å²) in [6, 6.07) is 9.78. The number of nitrogens with two attached hydrogens (primary N) is 2. The molecule has 3 rings (SSSR count). The van der Waals surface area contributed by atoms with Crippen molar-refractivity contribution in [3.05, 3.63) is 48.3 Å². The Hall–Kier alpha value is -3.14. The lowest BCUT2D eigenvalue weighted by Gasteiger charge is -2.15. The third-order valence-corrected chi connectivity index (χ3v) is 4.31. The number of nitrogen functional groups attached to an aromatic ring is 2. The molecule has 0 radical (unpaired) electrons. The van der Waals surface area contributed by atoms with Gasteiger partial charge in [-0.3, -0.25) is 4.79 Å². The van der Waals surface area contributed by atoms with Crippen LogP contribution in [0.3, 0.4) is 0 Å². The van der Waals surface area contributed by atoms with Gasteiger partial charge in [0, 0.05) is 25.4 Å². The van der Waals surface area contributed by atoms with E-state index in [1.165, 1.54) is 0 Å². The van der Waals surface area contributed by atoms with Crippen molar-refractivity contribution in [3.63, 3.8) is 0 Å². The van der Waals surface area contributed by atoms with Gasteiger partial charge in [-0.05, 0) is 12.1 Å². The number of hydrogen-bond donors (Lipinski definition) is 2. The van der Waals surface area contributed by atoms with Crippen LogP contribution < -0.4 is 11.5 Å². The van der Waals surface area contributed by atoms with E-state index in [4.69, 9.17) is 11.5 Å². The Labute approximate surface area is 154 Å². The summed E-state index contributed by atoms with van der Waals surface area (Å²) in [5, 5.41) is 4.66. The lowest BCUT2D eigenvalue weighted by Crippen LogP contribution is -2.27. The highest BCUT2D eigenvalue weighted by atomic mass is 32.2. The molecule has 0 saturated carbocycles. The molecule has 0 aliphatic rings.